The number of esters is 2. The van der Waals surface area contributed by atoms with Gasteiger partial charge in [0.2, 0.25) is 0 Å². The smallest absolute Gasteiger partial charge is 0.338 e. The van der Waals surface area contributed by atoms with Gasteiger partial charge in [-0.3, -0.25) is 9.36 Å². The topological polar surface area (TPSA) is 110 Å². The lowest BCUT2D eigenvalue weighted by Crippen LogP contribution is -2.32. The first-order valence-electron chi connectivity index (χ1n) is 11.1. The van der Waals surface area contributed by atoms with Crippen molar-refractivity contribution in [2.45, 2.75) is 38.7 Å². The number of nitrogens with two attached hydrogens (primary N) is 1. The molecule has 182 valence electrons. The van der Waals surface area contributed by atoms with Gasteiger partial charge in [0.15, 0.2) is 5.82 Å². The number of aromatic nitrogens is 1. The van der Waals surface area contributed by atoms with Crippen LogP contribution in [0.3, 0.4) is 0 Å². The molecule has 0 amide bonds. The van der Waals surface area contributed by atoms with Crippen molar-refractivity contribution in [3.05, 3.63) is 99.2 Å². The minimum absolute atomic E-state index is 0.0492. The van der Waals surface area contributed by atoms with Gasteiger partial charge in [0.05, 0.1) is 16.8 Å². The van der Waals surface area contributed by atoms with Crippen LogP contribution in [0, 0.1) is 19.7 Å². The van der Waals surface area contributed by atoms with E-state index in [0.717, 1.165) is 28.0 Å². The zero-order valence-corrected chi connectivity index (χ0v) is 19.3. The Morgan fingerprint density at radius 2 is 1.60 bits per heavy atom. The van der Waals surface area contributed by atoms with E-state index < -0.39 is 41.8 Å². The fraction of sp³-hybridized carbons (Fsp3) is 0.269. The molecule has 1 fully saturated rings. The lowest BCUT2D eigenvalue weighted by atomic mass is 10.1. The summed E-state index contributed by atoms with van der Waals surface area (Å²) in [6.45, 7) is 3.56. The summed E-state index contributed by atoms with van der Waals surface area (Å²) in [5, 5.41) is 0. The molecule has 0 radical (unpaired) electrons. The van der Waals surface area contributed by atoms with Crippen LogP contribution in [-0.4, -0.2) is 35.3 Å². The molecule has 1 saturated heterocycles. The average molecular weight is 480 g/mol. The summed E-state index contributed by atoms with van der Waals surface area (Å²) in [6, 6.07) is 14.6. The summed E-state index contributed by atoms with van der Waals surface area (Å²) >= 11 is 0. The highest BCUT2D eigenvalue weighted by Gasteiger charge is 2.40. The van der Waals surface area contributed by atoms with Crippen molar-refractivity contribution in [2.24, 2.45) is 0 Å². The molecule has 2 N–H and O–H groups in total. The molecular formula is C26H25FN2O6. The van der Waals surface area contributed by atoms with Crippen molar-refractivity contribution in [1.82, 2.24) is 4.57 Å². The predicted octanol–water partition coefficient (Wildman–Crippen LogP) is 3.56. The van der Waals surface area contributed by atoms with E-state index in [1.165, 1.54) is 0 Å². The number of anilines is 1. The Bertz CT molecular complexity index is 1290. The van der Waals surface area contributed by atoms with E-state index in [2.05, 4.69) is 0 Å². The number of benzene rings is 2. The van der Waals surface area contributed by atoms with Crippen LogP contribution in [0.15, 0.2) is 65.6 Å². The molecule has 4 rings (SSSR count). The largest absolute Gasteiger partial charge is 0.459 e. The highest BCUT2D eigenvalue weighted by atomic mass is 19.1. The molecular weight excluding hydrogens is 455 g/mol. The summed E-state index contributed by atoms with van der Waals surface area (Å²) in [5.41, 5.74) is 7.29. The average Bonchev–Trinajstić information content (AvgIpc) is 3.22. The second-order valence-corrected chi connectivity index (χ2v) is 8.46. The molecule has 1 aromatic heterocycles. The maximum atomic E-state index is 14.0. The Balaban J connectivity index is 1.53. The predicted molar refractivity (Wildman–Crippen MR) is 125 cm³/mol. The summed E-state index contributed by atoms with van der Waals surface area (Å²) in [5.74, 6) is -1.95. The van der Waals surface area contributed by atoms with Gasteiger partial charge in [-0.2, -0.15) is 0 Å². The number of pyridine rings is 1. The molecule has 0 unspecified atom stereocenters. The van der Waals surface area contributed by atoms with Crippen LogP contribution in [0.5, 0.6) is 0 Å². The zero-order valence-electron chi connectivity index (χ0n) is 19.3. The second kappa shape index (κ2) is 10.1. The van der Waals surface area contributed by atoms with E-state index in [-0.39, 0.29) is 18.7 Å². The van der Waals surface area contributed by atoms with E-state index in [9.17, 15) is 18.8 Å². The fourth-order valence-corrected chi connectivity index (χ4v) is 3.73. The van der Waals surface area contributed by atoms with Crippen LogP contribution >= 0.6 is 0 Å². The van der Waals surface area contributed by atoms with Gasteiger partial charge in [-0.05, 0) is 38.1 Å². The van der Waals surface area contributed by atoms with E-state index in [0.29, 0.717) is 11.1 Å². The normalized spacial score (nSPS) is 19.3. The maximum absolute atomic E-state index is 14.0. The number of ether oxygens (including phenoxy) is 3. The van der Waals surface area contributed by atoms with Crippen LogP contribution in [-0.2, 0) is 14.2 Å². The SMILES string of the molecule is Cc1ccc(C(=O)OC[C@H]2O[C@H](n3cc(F)c(N)cc3=O)C[C@@H]2OC(=O)c2ccc(C)cc2)cc1. The number of aryl methyl sites for hydroxylation is 2. The lowest BCUT2D eigenvalue weighted by molar-refractivity contribution is -0.0580. The Hall–Kier alpha value is -3.98. The first kappa shape index (κ1) is 24.2. The van der Waals surface area contributed by atoms with E-state index in [1.807, 2.05) is 13.8 Å². The molecule has 9 heteroatoms. The summed E-state index contributed by atoms with van der Waals surface area (Å²) < 4.78 is 32.1. The van der Waals surface area contributed by atoms with Gasteiger partial charge >= 0.3 is 11.9 Å². The van der Waals surface area contributed by atoms with Crippen LogP contribution in [0.2, 0.25) is 0 Å². The third-order valence-electron chi connectivity index (χ3n) is 5.76. The molecule has 0 spiro atoms. The first-order chi connectivity index (χ1) is 16.7. The molecule has 0 aliphatic carbocycles. The minimum atomic E-state index is -0.948. The summed E-state index contributed by atoms with van der Waals surface area (Å²) in [7, 11) is 0. The number of halogens is 1. The number of hydrogen-bond donors (Lipinski definition) is 1. The number of rotatable bonds is 6. The Morgan fingerprint density at radius 1 is 1.03 bits per heavy atom. The summed E-state index contributed by atoms with van der Waals surface area (Å²) in [6.07, 6.45) is -1.69. The van der Waals surface area contributed by atoms with Gasteiger partial charge in [-0.25, -0.2) is 14.0 Å². The lowest BCUT2D eigenvalue weighted by Gasteiger charge is -2.19. The number of nitrogen functional groups attached to an aromatic ring is 1. The van der Waals surface area contributed by atoms with Crippen LogP contribution in [0.4, 0.5) is 10.1 Å². The molecule has 0 saturated carbocycles. The van der Waals surface area contributed by atoms with Crippen molar-refractivity contribution < 1.29 is 28.2 Å². The van der Waals surface area contributed by atoms with Crippen molar-refractivity contribution in [3.63, 3.8) is 0 Å². The van der Waals surface area contributed by atoms with Crippen LogP contribution in [0.1, 0.15) is 44.5 Å². The molecule has 3 atom stereocenters. The van der Waals surface area contributed by atoms with Crippen molar-refractivity contribution in [3.8, 4) is 0 Å². The highest BCUT2D eigenvalue weighted by molar-refractivity contribution is 5.90. The van der Waals surface area contributed by atoms with Crippen LogP contribution in [0.25, 0.3) is 0 Å². The second-order valence-electron chi connectivity index (χ2n) is 8.46. The third-order valence-corrected chi connectivity index (χ3v) is 5.76. The maximum Gasteiger partial charge on any atom is 0.338 e. The molecule has 0 bridgehead atoms. The number of carbonyl (C=O) groups is 2. The third kappa shape index (κ3) is 5.58. The van der Waals surface area contributed by atoms with Gasteiger partial charge < -0.3 is 19.9 Å². The van der Waals surface area contributed by atoms with Gasteiger partial charge in [-0.1, -0.05) is 35.4 Å². The van der Waals surface area contributed by atoms with Gasteiger partial charge in [0.25, 0.3) is 5.56 Å². The van der Waals surface area contributed by atoms with Crippen molar-refractivity contribution in [1.29, 1.82) is 0 Å². The Morgan fingerprint density at radius 3 is 2.20 bits per heavy atom. The van der Waals surface area contributed by atoms with E-state index in [1.54, 1.807) is 48.5 Å². The summed E-state index contributed by atoms with van der Waals surface area (Å²) in [4.78, 5) is 37.6. The number of nitrogens with zero attached hydrogens (tertiary/aromatic N) is 1. The zero-order chi connectivity index (χ0) is 25.1. The van der Waals surface area contributed by atoms with Crippen LogP contribution < -0.4 is 11.3 Å². The Kier molecular flexibility index (Phi) is 6.97. The van der Waals surface area contributed by atoms with E-state index >= 15 is 0 Å². The van der Waals surface area contributed by atoms with Gasteiger partial charge in [0.1, 0.15) is 25.0 Å². The minimum Gasteiger partial charge on any atom is -0.459 e. The molecule has 35 heavy (non-hydrogen) atoms. The molecule has 3 aromatic rings. The van der Waals surface area contributed by atoms with Crippen molar-refractivity contribution >= 4 is 17.6 Å². The molecule has 1 aliphatic rings. The first-order valence-corrected chi connectivity index (χ1v) is 11.1. The molecule has 1 aliphatic heterocycles. The van der Waals surface area contributed by atoms with Gasteiger partial charge in [0, 0.05) is 18.7 Å². The quantitative estimate of drug-likeness (QED) is 0.537. The fourth-order valence-electron chi connectivity index (χ4n) is 3.73. The standard InChI is InChI=1S/C26H25FN2O6/c1-15-3-7-17(8-4-15)25(31)33-14-22-21(35-26(32)18-9-5-16(2)6-10-18)12-24(34-22)29-13-19(27)20(28)11-23(29)30/h3-11,13,21-22,24H,12,14,28H2,1-2H3/t21-,22+,24-/m0/s1. The molecule has 2 aromatic carbocycles. The van der Waals surface area contributed by atoms with Crippen molar-refractivity contribution in [2.75, 3.05) is 12.3 Å². The monoisotopic (exact) mass is 480 g/mol. The molecule has 2 heterocycles. The highest BCUT2D eigenvalue weighted by Crippen LogP contribution is 2.31. The number of hydrogen-bond acceptors (Lipinski definition) is 7. The Labute approximate surface area is 201 Å². The number of carbonyl (C=O) groups excluding carboxylic acids is 2. The van der Waals surface area contributed by atoms with E-state index in [4.69, 9.17) is 19.9 Å². The van der Waals surface area contributed by atoms with Gasteiger partial charge in [-0.15, -0.1) is 0 Å². The molecule has 8 nitrogen and oxygen atoms in total.